The second-order valence-electron chi connectivity index (χ2n) is 8.62. The first-order valence-corrected chi connectivity index (χ1v) is 12.5. The zero-order valence-electron chi connectivity index (χ0n) is 18.2. The summed E-state index contributed by atoms with van der Waals surface area (Å²) >= 11 is 0. The summed E-state index contributed by atoms with van der Waals surface area (Å²) in [6.45, 7) is 8.35. The minimum Gasteiger partial charge on any atom is -0.377 e. The zero-order chi connectivity index (χ0) is 21.6. The predicted molar refractivity (Wildman–Crippen MR) is 117 cm³/mol. The van der Waals surface area contributed by atoms with Gasteiger partial charge in [-0.05, 0) is 42.9 Å². The van der Waals surface area contributed by atoms with Gasteiger partial charge in [-0.3, -0.25) is 4.79 Å². The van der Waals surface area contributed by atoms with E-state index in [1.807, 2.05) is 17.0 Å². The summed E-state index contributed by atoms with van der Waals surface area (Å²) in [5.74, 6) is 0.524. The van der Waals surface area contributed by atoms with Gasteiger partial charge >= 0.3 is 0 Å². The average molecular weight is 438 g/mol. The Morgan fingerprint density at radius 1 is 1.23 bits per heavy atom. The number of benzene rings is 1. The highest BCUT2D eigenvalue weighted by Gasteiger charge is 2.30. The first-order valence-electron chi connectivity index (χ1n) is 11.1. The predicted octanol–water partition coefficient (Wildman–Crippen LogP) is 1.88. The lowest BCUT2D eigenvalue weighted by atomic mass is 10.0. The zero-order valence-corrected chi connectivity index (χ0v) is 19.0. The molecule has 7 nitrogen and oxygen atoms in total. The Morgan fingerprint density at radius 3 is 2.53 bits per heavy atom. The largest absolute Gasteiger partial charge is 0.377 e. The fraction of sp³-hybridized carbons (Fsp3) is 0.682. The van der Waals surface area contributed by atoms with Crippen LogP contribution in [0.2, 0.25) is 0 Å². The maximum absolute atomic E-state index is 13.4. The SMILES string of the molecule is CC(C)Cc1ccc(S(=O)(=O)N(CCC(=O)N2CCNCC2)CC2CCCO2)cc1. The van der Waals surface area contributed by atoms with Crippen LogP contribution in [0, 0.1) is 5.92 Å². The number of ether oxygens (including phenoxy) is 1. The van der Waals surface area contributed by atoms with Crippen LogP contribution in [0.1, 0.15) is 38.7 Å². The molecule has 0 aliphatic carbocycles. The molecule has 1 atom stereocenters. The van der Waals surface area contributed by atoms with Crippen LogP contribution in [0.25, 0.3) is 0 Å². The fourth-order valence-electron chi connectivity index (χ4n) is 4.04. The van der Waals surface area contributed by atoms with Crippen molar-refractivity contribution in [2.45, 2.75) is 50.5 Å². The molecular formula is C22H35N3O4S. The molecule has 168 valence electrons. The molecule has 8 heteroatoms. The Kier molecular flexibility index (Phi) is 8.27. The number of piperazine rings is 1. The van der Waals surface area contributed by atoms with Gasteiger partial charge in [-0.15, -0.1) is 0 Å². The topological polar surface area (TPSA) is 79.0 Å². The molecule has 0 radical (unpaired) electrons. The normalized spacial score (nSPS) is 20.3. The van der Waals surface area contributed by atoms with Crippen molar-refractivity contribution in [2.75, 3.05) is 45.9 Å². The average Bonchev–Trinajstić information content (AvgIpc) is 3.24. The molecule has 2 aliphatic rings. The number of sulfonamides is 1. The Bertz CT molecular complexity index is 783. The van der Waals surface area contributed by atoms with Crippen LogP contribution < -0.4 is 5.32 Å². The fourth-order valence-corrected chi connectivity index (χ4v) is 5.51. The van der Waals surface area contributed by atoms with E-state index < -0.39 is 10.0 Å². The first-order chi connectivity index (χ1) is 14.4. The minimum absolute atomic E-state index is 0.0105. The number of amides is 1. The third-order valence-corrected chi connectivity index (χ3v) is 7.56. The Labute approximate surface area is 180 Å². The lowest BCUT2D eigenvalue weighted by Crippen LogP contribution is -2.47. The molecule has 2 heterocycles. The maximum Gasteiger partial charge on any atom is 0.243 e. The molecule has 0 bridgehead atoms. The standard InChI is InChI=1S/C22H35N3O4S/c1-18(2)16-19-5-7-21(8-6-19)30(27,28)25(17-20-4-3-15-29-20)12-9-22(26)24-13-10-23-11-14-24/h5-8,18,20,23H,3-4,9-17H2,1-2H3. The molecule has 2 aliphatic heterocycles. The van der Waals surface area contributed by atoms with Gasteiger partial charge in [0, 0.05) is 52.3 Å². The molecule has 1 N–H and O–H groups in total. The second kappa shape index (κ2) is 10.7. The second-order valence-corrected chi connectivity index (χ2v) is 10.6. The summed E-state index contributed by atoms with van der Waals surface area (Å²) in [6, 6.07) is 7.16. The van der Waals surface area contributed by atoms with Crippen molar-refractivity contribution in [1.82, 2.24) is 14.5 Å². The van der Waals surface area contributed by atoms with Crippen molar-refractivity contribution in [2.24, 2.45) is 5.92 Å². The molecule has 1 unspecified atom stereocenters. The quantitative estimate of drug-likeness (QED) is 0.638. The van der Waals surface area contributed by atoms with E-state index in [1.54, 1.807) is 12.1 Å². The van der Waals surface area contributed by atoms with Gasteiger partial charge in [0.15, 0.2) is 0 Å². The lowest BCUT2D eigenvalue weighted by molar-refractivity contribution is -0.131. The lowest BCUT2D eigenvalue weighted by Gasteiger charge is -2.29. The molecule has 1 amide bonds. The smallest absolute Gasteiger partial charge is 0.243 e. The number of nitrogens with zero attached hydrogens (tertiary/aromatic N) is 2. The first kappa shape index (κ1) is 23.2. The van der Waals surface area contributed by atoms with Crippen LogP contribution in [0.3, 0.4) is 0 Å². The molecule has 0 saturated carbocycles. The molecule has 30 heavy (non-hydrogen) atoms. The van der Waals surface area contributed by atoms with E-state index >= 15 is 0 Å². The third-order valence-electron chi connectivity index (χ3n) is 5.68. The Hall–Kier alpha value is -1.48. The number of carbonyl (C=O) groups is 1. The summed E-state index contributed by atoms with van der Waals surface area (Å²) in [4.78, 5) is 14.7. The van der Waals surface area contributed by atoms with Gasteiger partial charge in [0.05, 0.1) is 11.0 Å². The van der Waals surface area contributed by atoms with Crippen LogP contribution in [-0.2, 0) is 26.0 Å². The number of hydrogen-bond acceptors (Lipinski definition) is 5. The van der Waals surface area contributed by atoms with E-state index in [2.05, 4.69) is 19.2 Å². The number of rotatable bonds is 9. The number of carbonyl (C=O) groups excluding carboxylic acids is 1. The van der Waals surface area contributed by atoms with E-state index in [4.69, 9.17) is 4.74 Å². The monoisotopic (exact) mass is 437 g/mol. The summed E-state index contributed by atoms with van der Waals surface area (Å²) in [6.07, 6.45) is 2.80. The van der Waals surface area contributed by atoms with Gasteiger partial charge in [0.2, 0.25) is 15.9 Å². The Morgan fingerprint density at radius 2 is 1.93 bits per heavy atom. The Balaban J connectivity index is 1.71. The highest BCUT2D eigenvalue weighted by Crippen LogP contribution is 2.22. The van der Waals surface area contributed by atoms with Crippen LogP contribution in [0.4, 0.5) is 0 Å². The molecule has 0 aromatic heterocycles. The highest BCUT2D eigenvalue weighted by atomic mass is 32.2. The van der Waals surface area contributed by atoms with Crippen molar-refractivity contribution in [3.05, 3.63) is 29.8 Å². The van der Waals surface area contributed by atoms with Gasteiger partial charge in [-0.2, -0.15) is 4.31 Å². The van der Waals surface area contributed by atoms with Gasteiger partial charge < -0.3 is 15.0 Å². The van der Waals surface area contributed by atoms with Gasteiger partial charge in [0.25, 0.3) is 0 Å². The number of nitrogens with one attached hydrogen (secondary N) is 1. The minimum atomic E-state index is -3.69. The molecule has 1 aromatic rings. The van der Waals surface area contributed by atoms with Crippen LogP contribution >= 0.6 is 0 Å². The van der Waals surface area contributed by atoms with E-state index in [9.17, 15) is 13.2 Å². The van der Waals surface area contributed by atoms with E-state index in [0.29, 0.717) is 32.2 Å². The van der Waals surface area contributed by atoms with Gasteiger partial charge in [-0.25, -0.2) is 8.42 Å². The molecular weight excluding hydrogens is 402 g/mol. The van der Waals surface area contributed by atoms with Crippen molar-refractivity contribution in [3.8, 4) is 0 Å². The highest BCUT2D eigenvalue weighted by molar-refractivity contribution is 7.89. The van der Waals surface area contributed by atoms with E-state index in [-0.39, 0.29) is 29.9 Å². The maximum atomic E-state index is 13.4. The van der Waals surface area contributed by atoms with Crippen LogP contribution in [0.5, 0.6) is 0 Å². The van der Waals surface area contributed by atoms with Crippen molar-refractivity contribution in [3.63, 3.8) is 0 Å². The summed E-state index contributed by atoms with van der Waals surface area (Å²) in [5.41, 5.74) is 1.13. The van der Waals surface area contributed by atoms with Crippen LogP contribution in [0.15, 0.2) is 29.2 Å². The molecule has 1 aromatic carbocycles. The van der Waals surface area contributed by atoms with E-state index in [0.717, 1.165) is 37.9 Å². The van der Waals surface area contributed by atoms with Crippen molar-refractivity contribution < 1.29 is 17.9 Å². The van der Waals surface area contributed by atoms with Crippen molar-refractivity contribution in [1.29, 1.82) is 0 Å². The summed E-state index contributed by atoms with van der Waals surface area (Å²) in [5, 5.41) is 3.23. The molecule has 3 rings (SSSR count). The molecule has 2 fully saturated rings. The van der Waals surface area contributed by atoms with Gasteiger partial charge in [-0.1, -0.05) is 26.0 Å². The molecule has 0 spiro atoms. The number of hydrogen-bond donors (Lipinski definition) is 1. The summed E-state index contributed by atoms with van der Waals surface area (Å²) in [7, 11) is -3.69. The third kappa shape index (κ3) is 6.26. The van der Waals surface area contributed by atoms with E-state index in [1.165, 1.54) is 4.31 Å². The van der Waals surface area contributed by atoms with Gasteiger partial charge in [0.1, 0.15) is 0 Å². The van der Waals surface area contributed by atoms with Crippen molar-refractivity contribution >= 4 is 15.9 Å². The summed E-state index contributed by atoms with van der Waals surface area (Å²) < 4.78 is 33.9. The molecule has 2 saturated heterocycles. The van der Waals surface area contributed by atoms with Crippen LogP contribution in [-0.4, -0.2) is 75.5 Å².